The van der Waals surface area contributed by atoms with E-state index in [1.807, 2.05) is 19.1 Å². The van der Waals surface area contributed by atoms with E-state index in [1.165, 1.54) is 12.8 Å². The highest BCUT2D eigenvalue weighted by Gasteiger charge is 2.19. The van der Waals surface area contributed by atoms with Crippen LogP contribution in [0.5, 0.6) is 0 Å². The molecule has 1 aromatic rings. The van der Waals surface area contributed by atoms with Crippen molar-refractivity contribution in [3.63, 3.8) is 0 Å². The zero-order chi connectivity index (χ0) is 12.4. The van der Waals surface area contributed by atoms with Gasteiger partial charge in [-0.15, -0.1) is 0 Å². The maximum Gasteiger partial charge on any atom is 0.251 e. The van der Waals surface area contributed by atoms with Crippen LogP contribution in [-0.2, 0) is 0 Å². The van der Waals surface area contributed by atoms with Crippen LogP contribution in [-0.4, -0.2) is 11.9 Å². The van der Waals surface area contributed by atoms with Crippen LogP contribution in [0.2, 0.25) is 0 Å². The fourth-order valence-corrected chi connectivity index (χ4v) is 2.74. The number of benzene rings is 1. The first-order valence-electron chi connectivity index (χ1n) is 5.94. The lowest BCUT2D eigenvalue weighted by Gasteiger charge is -2.14. The van der Waals surface area contributed by atoms with E-state index < -0.39 is 0 Å². The number of nitrogen functional groups attached to an aromatic ring is 1. The number of carbonyl (C=O) groups is 1. The lowest BCUT2D eigenvalue weighted by atomic mass is 10.1. The molecule has 0 heterocycles. The number of anilines is 1. The summed E-state index contributed by atoms with van der Waals surface area (Å²) >= 11 is 3.37. The van der Waals surface area contributed by atoms with Crippen molar-refractivity contribution >= 4 is 27.5 Å². The first-order chi connectivity index (χ1) is 8.08. The second-order valence-corrected chi connectivity index (χ2v) is 5.54. The molecular weight excluding hydrogens is 280 g/mol. The zero-order valence-electron chi connectivity index (χ0n) is 9.92. The van der Waals surface area contributed by atoms with Crippen molar-refractivity contribution in [2.75, 3.05) is 5.73 Å². The van der Waals surface area contributed by atoms with Gasteiger partial charge in [-0.1, -0.05) is 28.8 Å². The van der Waals surface area contributed by atoms with E-state index in [0.29, 0.717) is 17.3 Å². The minimum absolute atomic E-state index is 0.0117. The first kappa shape index (κ1) is 12.4. The number of rotatable bonds is 2. The van der Waals surface area contributed by atoms with Gasteiger partial charge in [0.05, 0.1) is 0 Å². The average Bonchev–Trinajstić information content (AvgIpc) is 2.76. The Kier molecular flexibility index (Phi) is 3.72. The fraction of sp³-hybridized carbons (Fsp3) is 0.462. The van der Waals surface area contributed by atoms with Crippen molar-refractivity contribution in [2.24, 2.45) is 0 Å². The molecule has 3 N–H and O–H groups in total. The van der Waals surface area contributed by atoms with Crippen molar-refractivity contribution in [2.45, 2.75) is 38.6 Å². The summed E-state index contributed by atoms with van der Waals surface area (Å²) in [5.74, 6) is -0.0117. The predicted octanol–water partition coefficient (Wildman–Crippen LogP) is 3.01. The van der Waals surface area contributed by atoms with E-state index in [2.05, 4.69) is 21.2 Å². The number of nitrogens with two attached hydrogens (primary N) is 1. The Balaban J connectivity index is 2.18. The fourth-order valence-electron chi connectivity index (χ4n) is 2.27. The first-order valence-corrected chi connectivity index (χ1v) is 6.73. The summed E-state index contributed by atoms with van der Waals surface area (Å²) in [6.45, 7) is 1.88. The molecule has 92 valence electrons. The third-order valence-electron chi connectivity index (χ3n) is 3.35. The number of carbonyl (C=O) groups excluding carboxylic acids is 1. The van der Waals surface area contributed by atoms with Crippen LogP contribution in [0, 0.1) is 6.92 Å². The molecule has 4 heteroatoms. The quantitative estimate of drug-likeness (QED) is 0.824. The van der Waals surface area contributed by atoms with Crippen LogP contribution in [0.1, 0.15) is 41.6 Å². The summed E-state index contributed by atoms with van der Waals surface area (Å²) in [7, 11) is 0. The van der Waals surface area contributed by atoms with Gasteiger partial charge in [-0.05, 0) is 37.5 Å². The molecule has 0 bridgehead atoms. The molecule has 0 unspecified atom stereocenters. The highest BCUT2D eigenvalue weighted by Crippen LogP contribution is 2.24. The van der Waals surface area contributed by atoms with E-state index in [4.69, 9.17) is 5.73 Å². The number of hydrogen-bond donors (Lipinski definition) is 2. The third kappa shape index (κ3) is 2.80. The summed E-state index contributed by atoms with van der Waals surface area (Å²) in [6, 6.07) is 3.99. The number of hydrogen-bond acceptors (Lipinski definition) is 2. The molecule has 3 nitrogen and oxygen atoms in total. The van der Waals surface area contributed by atoms with Crippen molar-refractivity contribution < 1.29 is 4.79 Å². The summed E-state index contributed by atoms with van der Waals surface area (Å²) in [5, 5.41) is 3.08. The Morgan fingerprint density at radius 3 is 2.71 bits per heavy atom. The van der Waals surface area contributed by atoms with Gasteiger partial charge in [0.25, 0.3) is 5.91 Å². The molecule has 1 fully saturated rings. The van der Waals surface area contributed by atoms with E-state index in [0.717, 1.165) is 22.9 Å². The maximum absolute atomic E-state index is 12.1. The van der Waals surface area contributed by atoms with E-state index in [9.17, 15) is 4.79 Å². The van der Waals surface area contributed by atoms with Crippen LogP contribution >= 0.6 is 15.9 Å². The van der Waals surface area contributed by atoms with E-state index >= 15 is 0 Å². The number of nitrogens with one attached hydrogen (secondary N) is 1. The molecule has 0 atom stereocenters. The second-order valence-electron chi connectivity index (χ2n) is 4.62. The van der Waals surface area contributed by atoms with E-state index in [-0.39, 0.29) is 5.91 Å². The number of amides is 1. The summed E-state index contributed by atoms with van der Waals surface area (Å²) in [5.41, 5.74) is 8.03. The van der Waals surface area contributed by atoms with Crippen molar-refractivity contribution in [1.29, 1.82) is 0 Å². The normalized spacial score (nSPS) is 16.1. The van der Waals surface area contributed by atoms with E-state index in [1.54, 1.807) is 0 Å². The summed E-state index contributed by atoms with van der Waals surface area (Å²) in [6.07, 6.45) is 4.61. The lowest BCUT2D eigenvalue weighted by Crippen LogP contribution is -2.33. The zero-order valence-corrected chi connectivity index (χ0v) is 11.5. The van der Waals surface area contributed by atoms with Crippen LogP contribution in [0.15, 0.2) is 16.6 Å². The van der Waals surface area contributed by atoms with Gasteiger partial charge in [0, 0.05) is 21.8 Å². The van der Waals surface area contributed by atoms with Crippen LogP contribution in [0.4, 0.5) is 5.69 Å². The minimum atomic E-state index is -0.0117. The largest absolute Gasteiger partial charge is 0.398 e. The molecule has 1 aliphatic rings. The second kappa shape index (κ2) is 5.08. The molecule has 1 aliphatic carbocycles. The Labute approximate surface area is 110 Å². The van der Waals surface area contributed by atoms with Crippen molar-refractivity contribution in [3.8, 4) is 0 Å². The molecule has 1 amide bonds. The summed E-state index contributed by atoms with van der Waals surface area (Å²) in [4.78, 5) is 12.1. The van der Waals surface area contributed by atoms with Gasteiger partial charge in [0.2, 0.25) is 0 Å². The summed E-state index contributed by atoms with van der Waals surface area (Å²) < 4.78 is 0.845. The Morgan fingerprint density at radius 2 is 2.06 bits per heavy atom. The van der Waals surface area contributed by atoms with Crippen LogP contribution in [0.3, 0.4) is 0 Å². The lowest BCUT2D eigenvalue weighted by molar-refractivity contribution is 0.0937. The van der Waals surface area contributed by atoms with Gasteiger partial charge in [-0.2, -0.15) is 0 Å². The molecule has 0 spiro atoms. The highest BCUT2D eigenvalue weighted by molar-refractivity contribution is 9.10. The van der Waals surface area contributed by atoms with Gasteiger partial charge in [0.1, 0.15) is 0 Å². The molecule has 0 saturated heterocycles. The monoisotopic (exact) mass is 296 g/mol. The molecular formula is C13H17BrN2O. The molecule has 17 heavy (non-hydrogen) atoms. The Bertz CT molecular complexity index is 439. The van der Waals surface area contributed by atoms with Crippen LogP contribution in [0.25, 0.3) is 0 Å². The third-order valence-corrected chi connectivity index (χ3v) is 3.81. The Hall–Kier alpha value is -1.03. The maximum atomic E-state index is 12.1. The van der Waals surface area contributed by atoms with Gasteiger partial charge >= 0.3 is 0 Å². The molecule has 1 saturated carbocycles. The molecule has 0 aliphatic heterocycles. The Morgan fingerprint density at radius 1 is 1.41 bits per heavy atom. The van der Waals surface area contributed by atoms with Gasteiger partial charge in [0.15, 0.2) is 0 Å². The van der Waals surface area contributed by atoms with Gasteiger partial charge in [-0.3, -0.25) is 4.79 Å². The smallest absolute Gasteiger partial charge is 0.251 e. The molecule has 0 radical (unpaired) electrons. The predicted molar refractivity (Wildman–Crippen MR) is 73.0 cm³/mol. The van der Waals surface area contributed by atoms with Crippen molar-refractivity contribution in [3.05, 3.63) is 27.7 Å². The average molecular weight is 297 g/mol. The molecule has 0 aromatic heterocycles. The highest BCUT2D eigenvalue weighted by atomic mass is 79.9. The SMILES string of the molecule is Cc1c(N)cc(Br)cc1C(=O)NC1CCCC1. The molecule has 2 rings (SSSR count). The van der Waals surface area contributed by atoms with Crippen molar-refractivity contribution in [1.82, 2.24) is 5.32 Å². The van der Waals surface area contributed by atoms with Gasteiger partial charge < -0.3 is 11.1 Å². The standard InChI is InChI=1S/C13H17BrN2O/c1-8-11(6-9(14)7-12(8)15)13(17)16-10-4-2-3-5-10/h6-7,10H,2-5,15H2,1H3,(H,16,17). The molecule has 1 aromatic carbocycles. The van der Waals surface area contributed by atoms with Crippen LogP contribution < -0.4 is 11.1 Å². The minimum Gasteiger partial charge on any atom is -0.398 e. The topological polar surface area (TPSA) is 55.1 Å². The number of halogens is 1. The van der Waals surface area contributed by atoms with Gasteiger partial charge in [-0.25, -0.2) is 0 Å².